The number of esters is 1. The molecule has 0 radical (unpaired) electrons. The van der Waals surface area contributed by atoms with Gasteiger partial charge in [0, 0.05) is 23.6 Å². The van der Waals surface area contributed by atoms with E-state index in [2.05, 4.69) is 27.8 Å². The third-order valence-electron chi connectivity index (χ3n) is 4.21. The highest BCUT2D eigenvalue weighted by Crippen LogP contribution is 2.27. The minimum atomic E-state index is -0.725. The maximum atomic E-state index is 11.5. The first-order valence-corrected chi connectivity index (χ1v) is 8.05. The van der Waals surface area contributed by atoms with Gasteiger partial charge >= 0.3 is 11.9 Å². The molecule has 0 bridgehead atoms. The number of halogens is 1. The second-order valence-electron chi connectivity index (χ2n) is 5.69. The van der Waals surface area contributed by atoms with Crippen molar-refractivity contribution >= 4 is 27.9 Å². The largest absolute Gasteiger partial charge is 0.481 e. The number of benzene rings is 1. The van der Waals surface area contributed by atoms with E-state index in [4.69, 9.17) is 4.74 Å². The van der Waals surface area contributed by atoms with Crippen molar-refractivity contribution in [2.45, 2.75) is 32.4 Å². The standard InChI is InChI=1S/C16H20BrNO4/c1-10-3-4-13(15(19)20)9-18(10)8-12-6-5-11(7-14(12)17)16(21)22-2/h5-7,10,13H,3-4,8-9H2,1-2H3,(H,19,20). The first-order valence-electron chi connectivity index (χ1n) is 7.26. The summed E-state index contributed by atoms with van der Waals surface area (Å²) in [5.41, 5.74) is 1.53. The van der Waals surface area contributed by atoms with Crippen LogP contribution in [0.25, 0.3) is 0 Å². The van der Waals surface area contributed by atoms with Crippen molar-refractivity contribution in [1.82, 2.24) is 4.90 Å². The van der Waals surface area contributed by atoms with E-state index in [-0.39, 0.29) is 11.9 Å². The number of nitrogens with zero attached hydrogens (tertiary/aromatic N) is 1. The predicted molar refractivity (Wildman–Crippen MR) is 85.7 cm³/mol. The van der Waals surface area contributed by atoms with Crippen LogP contribution >= 0.6 is 15.9 Å². The molecule has 1 N–H and O–H groups in total. The summed E-state index contributed by atoms with van der Waals surface area (Å²) in [7, 11) is 1.35. The molecule has 1 aliphatic heterocycles. The molecular weight excluding hydrogens is 350 g/mol. The SMILES string of the molecule is COC(=O)c1ccc(CN2CC(C(=O)O)CCC2C)c(Br)c1. The summed E-state index contributed by atoms with van der Waals surface area (Å²) in [5, 5.41) is 9.20. The molecule has 2 atom stereocenters. The van der Waals surface area contributed by atoms with E-state index in [1.165, 1.54) is 7.11 Å². The van der Waals surface area contributed by atoms with Gasteiger partial charge in [0.1, 0.15) is 0 Å². The third kappa shape index (κ3) is 3.87. The Balaban J connectivity index is 2.12. The summed E-state index contributed by atoms with van der Waals surface area (Å²) >= 11 is 3.48. The second kappa shape index (κ2) is 7.24. The van der Waals surface area contributed by atoms with Gasteiger partial charge in [-0.1, -0.05) is 22.0 Å². The first kappa shape index (κ1) is 17.0. The summed E-state index contributed by atoms with van der Waals surface area (Å²) in [6.45, 7) is 3.34. The maximum absolute atomic E-state index is 11.5. The zero-order valence-electron chi connectivity index (χ0n) is 12.7. The Hall–Kier alpha value is -1.40. The molecule has 6 heteroatoms. The molecule has 0 aromatic heterocycles. The van der Waals surface area contributed by atoms with Gasteiger partial charge in [-0.2, -0.15) is 0 Å². The van der Waals surface area contributed by atoms with E-state index < -0.39 is 5.97 Å². The highest BCUT2D eigenvalue weighted by molar-refractivity contribution is 9.10. The van der Waals surface area contributed by atoms with Crippen LogP contribution in [-0.2, 0) is 16.1 Å². The topological polar surface area (TPSA) is 66.8 Å². The quantitative estimate of drug-likeness (QED) is 0.826. The summed E-state index contributed by atoms with van der Waals surface area (Å²) < 4.78 is 5.54. The fourth-order valence-electron chi connectivity index (χ4n) is 2.74. The first-order chi connectivity index (χ1) is 10.4. The van der Waals surface area contributed by atoms with Crippen molar-refractivity contribution in [3.8, 4) is 0 Å². The number of hydrogen-bond donors (Lipinski definition) is 1. The molecule has 22 heavy (non-hydrogen) atoms. The molecule has 0 amide bonds. The van der Waals surface area contributed by atoms with Crippen molar-refractivity contribution in [3.63, 3.8) is 0 Å². The number of likely N-dealkylation sites (tertiary alicyclic amines) is 1. The molecule has 0 saturated carbocycles. The normalized spacial score (nSPS) is 22.3. The van der Waals surface area contributed by atoms with E-state index in [1.807, 2.05) is 6.07 Å². The minimum absolute atomic E-state index is 0.302. The van der Waals surface area contributed by atoms with Gasteiger partial charge < -0.3 is 9.84 Å². The summed E-state index contributed by atoms with van der Waals surface area (Å²) in [5.74, 6) is -1.40. The van der Waals surface area contributed by atoms with E-state index in [0.717, 1.165) is 22.9 Å². The number of carboxylic acid groups (broad SMARTS) is 1. The van der Waals surface area contributed by atoms with Gasteiger partial charge in [-0.3, -0.25) is 9.69 Å². The molecule has 5 nitrogen and oxygen atoms in total. The van der Waals surface area contributed by atoms with Crippen molar-refractivity contribution in [1.29, 1.82) is 0 Å². The van der Waals surface area contributed by atoms with Crippen molar-refractivity contribution in [2.75, 3.05) is 13.7 Å². The van der Waals surface area contributed by atoms with Crippen LogP contribution in [0.15, 0.2) is 22.7 Å². The molecule has 1 saturated heterocycles. The summed E-state index contributed by atoms with van der Waals surface area (Å²) in [6.07, 6.45) is 1.62. The van der Waals surface area contributed by atoms with Crippen LogP contribution in [0.2, 0.25) is 0 Å². The van der Waals surface area contributed by atoms with Crippen LogP contribution in [0.4, 0.5) is 0 Å². The number of aliphatic carboxylic acids is 1. The second-order valence-corrected chi connectivity index (χ2v) is 6.54. The zero-order chi connectivity index (χ0) is 16.3. The molecule has 0 aliphatic carbocycles. The van der Waals surface area contributed by atoms with Crippen LogP contribution in [0.5, 0.6) is 0 Å². The number of rotatable bonds is 4. The highest BCUT2D eigenvalue weighted by Gasteiger charge is 2.29. The van der Waals surface area contributed by atoms with Gasteiger partial charge in [0.05, 0.1) is 18.6 Å². The lowest BCUT2D eigenvalue weighted by molar-refractivity contribution is -0.144. The van der Waals surface area contributed by atoms with Crippen molar-refractivity contribution in [3.05, 3.63) is 33.8 Å². The van der Waals surface area contributed by atoms with Gasteiger partial charge in [0.15, 0.2) is 0 Å². The summed E-state index contributed by atoms with van der Waals surface area (Å²) in [6, 6.07) is 5.70. The van der Waals surface area contributed by atoms with Crippen molar-refractivity contribution < 1.29 is 19.4 Å². The molecular formula is C16H20BrNO4. The van der Waals surface area contributed by atoms with Crippen LogP contribution < -0.4 is 0 Å². The molecule has 0 spiro atoms. The third-order valence-corrected chi connectivity index (χ3v) is 4.95. The van der Waals surface area contributed by atoms with Gasteiger partial charge in [0.25, 0.3) is 0 Å². The predicted octanol–water partition coefficient (Wildman–Crippen LogP) is 2.92. The molecule has 120 valence electrons. The monoisotopic (exact) mass is 369 g/mol. The average Bonchev–Trinajstić information content (AvgIpc) is 2.50. The zero-order valence-corrected chi connectivity index (χ0v) is 14.3. The van der Waals surface area contributed by atoms with Gasteiger partial charge in [0.2, 0.25) is 0 Å². The number of piperidine rings is 1. The lowest BCUT2D eigenvalue weighted by Crippen LogP contribution is -2.43. The Morgan fingerprint density at radius 1 is 1.41 bits per heavy atom. The molecule has 1 aromatic rings. The van der Waals surface area contributed by atoms with Crippen LogP contribution in [0.1, 0.15) is 35.7 Å². The Morgan fingerprint density at radius 3 is 2.73 bits per heavy atom. The van der Waals surface area contributed by atoms with Gasteiger partial charge in [-0.25, -0.2) is 4.79 Å². The summed E-state index contributed by atoms with van der Waals surface area (Å²) in [4.78, 5) is 24.9. The lowest BCUT2D eigenvalue weighted by atomic mass is 9.93. The van der Waals surface area contributed by atoms with E-state index >= 15 is 0 Å². The molecule has 1 aliphatic rings. The smallest absolute Gasteiger partial charge is 0.337 e. The molecule has 1 heterocycles. The molecule has 2 rings (SSSR count). The van der Waals surface area contributed by atoms with Gasteiger partial charge in [-0.05, 0) is 37.5 Å². The average molecular weight is 370 g/mol. The number of hydrogen-bond acceptors (Lipinski definition) is 4. The Bertz CT molecular complexity index is 575. The minimum Gasteiger partial charge on any atom is -0.481 e. The number of ether oxygens (including phenoxy) is 1. The molecule has 2 unspecified atom stereocenters. The van der Waals surface area contributed by atoms with E-state index in [9.17, 15) is 14.7 Å². The van der Waals surface area contributed by atoms with Crippen molar-refractivity contribution in [2.24, 2.45) is 5.92 Å². The maximum Gasteiger partial charge on any atom is 0.337 e. The molecule has 1 aromatic carbocycles. The van der Waals surface area contributed by atoms with Crippen LogP contribution in [0, 0.1) is 5.92 Å². The molecule has 1 fully saturated rings. The van der Waals surface area contributed by atoms with E-state index in [1.54, 1.807) is 12.1 Å². The fourth-order valence-corrected chi connectivity index (χ4v) is 3.24. The number of carboxylic acids is 1. The van der Waals surface area contributed by atoms with Crippen LogP contribution in [-0.4, -0.2) is 41.6 Å². The Labute approximate surface area is 138 Å². The Morgan fingerprint density at radius 2 is 2.14 bits per heavy atom. The van der Waals surface area contributed by atoms with Crippen LogP contribution in [0.3, 0.4) is 0 Å². The number of carbonyl (C=O) groups is 2. The fraction of sp³-hybridized carbons (Fsp3) is 0.500. The number of methoxy groups -OCH3 is 1. The highest BCUT2D eigenvalue weighted by atomic mass is 79.9. The Kier molecular flexibility index (Phi) is 5.58. The lowest BCUT2D eigenvalue weighted by Gasteiger charge is -2.36. The van der Waals surface area contributed by atoms with Gasteiger partial charge in [-0.15, -0.1) is 0 Å². The van der Waals surface area contributed by atoms with E-state index in [0.29, 0.717) is 24.7 Å². The number of carbonyl (C=O) groups excluding carboxylic acids is 1.